The Morgan fingerprint density at radius 1 is 1.50 bits per heavy atom. The number of morpholine rings is 1. The number of carbonyl (C=O) groups excluding carboxylic acids is 1. The maximum absolute atomic E-state index is 11.5. The Morgan fingerprint density at radius 2 is 2.25 bits per heavy atom. The van der Waals surface area contributed by atoms with Crippen molar-refractivity contribution in [1.82, 2.24) is 9.97 Å². The molecule has 1 saturated heterocycles. The van der Waals surface area contributed by atoms with Gasteiger partial charge < -0.3 is 19.5 Å². The molecule has 0 saturated carbocycles. The second-order valence-electron chi connectivity index (χ2n) is 4.33. The molecule has 8 heteroatoms. The number of carbonyl (C=O) groups is 2. The molecular weight excluding hydrogens is 266 g/mol. The number of ether oxygens (including phenoxy) is 2. The number of hydrogen-bond donors (Lipinski definition) is 1. The van der Waals surface area contributed by atoms with E-state index in [0.717, 1.165) is 0 Å². The third-order valence-electron chi connectivity index (χ3n) is 2.87. The topological polar surface area (TPSA) is 102 Å². The number of methoxy groups -OCH3 is 1. The second-order valence-corrected chi connectivity index (χ2v) is 4.33. The van der Waals surface area contributed by atoms with Crippen molar-refractivity contribution in [2.75, 3.05) is 31.7 Å². The molecule has 1 N–H and O–H groups in total. The summed E-state index contributed by atoms with van der Waals surface area (Å²) in [4.78, 5) is 32.3. The summed E-state index contributed by atoms with van der Waals surface area (Å²) in [6, 6.07) is 1.69. The quantitative estimate of drug-likeness (QED) is 0.764. The zero-order valence-electron chi connectivity index (χ0n) is 11.2. The van der Waals surface area contributed by atoms with Crippen molar-refractivity contribution in [2.24, 2.45) is 0 Å². The van der Waals surface area contributed by atoms with E-state index in [-0.39, 0.29) is 19.0 Å². The first kappa shape index (κ1) is 14.2. The molecule has 1 aliphatic rings. The van der Waals surface area contributed by atoms with E-state index in [1.165, 1.54) is 7.11 Å². The number of carboxylic acid groups (broad SMARTS) is 1. The first-order chi connectivity index (χ1) is 9.51. The molecule has 20 heavy (non-hydrogen) atoms. The van der Waals surface area contributed by atoms with Crippen molar-refractivity contribution in [3.8, 4) is 0 Å². The summed E-state index contributed by atoms with van der Waals surface area (Å²) in [5, 5.41) is 8.98. The normalized spacial score (nSPS) is 18.7. The lowest BCUT2D eigenvalue weighted by Crippen LogP contribution is -2.46. The van der Waals surface area contributed by atoms with Gasteiger partial charge in [0, 0.05) is 18.3 Å². The highest BCUT2D eigenvalue weighted by Crippen LogP contribution is 2.17. The van der Waals surface area contributed by atoms with E-state index in [1.54, 1.807) is 17.9 Å². The van der Waals surface area contributed by atoms with Crippen LogP contribution < -0.4 is 4.90 Å². The van der Waals surface area contributed by atoms with Gasteiger partial charge in [-0.2, -0.15) is 0 Å². The van der Waals surface area contributed by atoms with Crippen molar-refractivity contribution < 1.29 is 24.2 Å². The Labute approximate surface area is 115 Å². The largest absolute Gasteiger partial charge is 0.479 e. The Hall–Kier alpha value is -2.22. The predicted molar refractivity (Wildman–Crippen MR) is 67.7 cm³/mol. The molecule has 0 spiro atoms. The van der Waals surface area contributed by atoms with Gasteiger partial charge in [-0.25, -0.2) is 19.6 Å². The standard InChI is InChI=1S/C12H15N3O5/c1-7-5-9(14-10(13-7)12(18)19-2)15-3-4-20-8(6-15)11(16)17/h5,8H,3-4,6H2,1-2H3,(H,16,17). The van der Waals surface area contributed by atoms with Gasteiger partial charge in [0.15, 0.2) is 6.10 Å². The molecule has 0 aromatic carbocycles. The van der Waals surface area contributed by atoms with Crippen LogP contribution in [0.5, 0.6) is 0 Å². The van der Waals surface area contributed by atoms with Gasteiger partial charge in [-0.15, -0.1) is 0 Å². The van der Waals surface area contributed by atoms with Gasteiger partial charge in [0.2, 0.25) is 5.82 Å². The van der Waals surface area contributed by atoms with Crippen LogP contribution >= 0.6 is 0 Å². The summed E-state index contributed by atoms with van der Waals surface area (Å²) in [6.07, 6.45) is -0.902. The number of carboxylic acids is 1. The lowest BCUT2D eigenvalue weighted by Gasteiger charge is -2.31. The van der Waals surface area contributed by atoms with Crippen molar-refractivity contribution >= 4 is 17.8 Å². The fourth-order valence-corrected chi connectivity index (χ4v) is 1.90. The van der Waals surface area contributed by atoms with E-state index >= 15 is 0 Å². The van der Waals surface area contributed by atoms with Crippen LogP contribution in [0.2, 0.25) is 0 Å². The highest BCUT2D eigenvalue weighted by atomic mass is 16.5. The van der Waals surface area contributed by atoms with Gasteiger partial charge in [-0.3, -0.25) is 0 Å². The zero-order chi connectivity index (χ0) is 14.7. The minimum absolute atomic E-state index is 0.0409. The Bertz CT molecular complexity index is 534. The fourth-order valence-electron chi connectivity index (χ4n) is 1.90. The van der Waals surface area contributed by atoms with Gasteiger partial charge in [0.1, 0.15) is 5.82 Å². The Balaban J connectivity index is 2.25. The number of anilines is 1. The minimum atomic E-state index is -1.02. The number of aliphatic carboxylic acids is 1. The number of esters is 1. The van der Waals surface area contributed by atoms with Crippen molar-refractivity contribution in [3.05, 3.63) is 17.6 Å². The zero-order valence-corrected chi connectivity index (χ0v) is 11.2. The number of aromatic nitrogens is 2. The van der Waals surface area contributed by atoms with Crippen LogP contribution in [0, 0.1) is 6.92 Å². The first-order valence-electron chi connectivity index (χ1n) is 6.04. The second kappa shape index (κ2) is 5.83. The van der Waals surface area contributed by atoms with Crippen LogP contribution in [-0.2, 0) is 14.3 Å². The molecule has 1 aliphatic heterocycles. The summed E-state index contributed by atoms with van der Waals surface area (Å²) in [5.74, 6) is -1.19. The summed E-state index contributed by atoms with van der Waals surface area (Å²) >= 11 is 0. The summed E-state index contributed by atoms with van der Waals surface area (Å²) < 4.78 is 9.74. The third-order valence-corrected chi connectivity index (χ3v) is 2.87. The molecule has 1 aromatic heterocycles. The molecule has 1 unspecified atom stereocenters. The average molecular weight is 281 g/mol. The van der Waals surface area contributed by atoms with Gasteiger partial charge in [0.25, 0.3) is 0 Å². The Kier molecular flexibility index (Phi) is 4.14. The fraction of sp³-hybridized carbons (Fsp3) is 0.500. The molecule has 0 bridgehead atoms. The highest BCUT2D eigenvalue weighted by Gasteiger charge is 2.27. The van der Waals surface area contributed by atoms with Crippen LogP contribution in [0.15, 0.2) is 6.07 Å². The number of nitrogens with zero attached hydrogens (tertiary/aromatic N) is 3. The van der Waals surface area contributed by atoms with Gasteiger partial charge in [-0.1, -0.05) is 0 Å². The number of rotatable bonds is 3. The van der Waals surface area contributed by atoms with E-state index in [2.05, 4.69) is 14.7 Å². The molecule has 0 aliphatic carbocycles. The summed E-state index contributed by atoms with van der Waals surface area (Å²) in [6.45, 7) is 2.69. The maximum Gasteiger partial charge on any atom is 0.376 e. The number of aryl methyl sites for hydroxylation is 1. The van der Waals surface area contributed by atoms with E-state index in [1.807, 2.05) is 0 Å². The van der Waals surface area contributed by atoms with E-state index in [4.69, 9.17) is 9.84 Å². The van der Waals surface area contributed by atoms with Crippen molar-refractivity contribution in [1.29, 1.82) is 0 Å². The van der Waals surface area contributed by atoms with Crippen LogP contribution in [0.4, 0.5) is 5.82 Å². The van der Waals surface area contributed by atoms with Crippen LogP contribution in [0.1, 0.15) is 16.3 Å². The first-order valence-corrected chi connectivity index (χ1v) is 6.04. The van der Waals surface area contributed by atoms with Crippen LogP contribution in [0.3, 0.4) is 0 Å². The van der Waals surface area contributed by atoms with Gasteiger partial charge >= 0.3 is 11.9 Å². The molecule has 8 nitrogen and oxygen atoms in total. The van der Waals surface area contributed by atoms with Crippen LogP contribution in [-0.4, -0.2) is 59.9 Å². The molecule has 108 valence electrons. The Morgan fingerprint density at radius 3 is 2.90 bits per heavy atom. The SMILES string of the molecule is COC(=O)c1nc(C)cc(N2CCOC(C(=O)O)C2)n1. The predicted octanol–water partition coefficient (Wildman–Crippen LogP) is -0.139. The minimum Gasteiger partial charge on any atom is -0.479 e. The summed E-state index contributed by atoms with van der Waals surface area (Å²) in [7, 11) is 1.25. The molecule has 1 fully saturated rings. The van der Waals surface area contributed by atoms with Crippen molar-refractivity contribution in [3.63, 3.8) is 0 Å². The van der Waals surface area contributed by atoms with Crippen LogP contribution in [0.25, 0.3) is 0 Å². The monoisotopic (exact) mass is 281 g/mol. The maximum atomic E-state index is 11.5. The highest BCUT2D eigenvalue weighted by molar-refractivity contribution is 5.85. The lowest BCUT2D eigenvalue weighted by molar-refractivity contribution is -0.150. The molecule has 0 amide bonds. The molecule has 2 heterocycles. The van der Waals surface area contributed by atoms with Crippen molar-refractivity contribution in [2.45, 2.75) is 13.0 Å². The molecular formula is C12H15N3O5. The molecule has 2 rings (SSSR count). The number of hydrogen-bond acceptors (Lipinski definition) is 7. The van der Waals surface area contributed by atoms with E-state index < -0.39 is 18.0 Å². The lowest BCUT2D eigenvalue weighted by atomic mass is 10.2. The van der Waals surface area contributed by atoms with Gasteiger partial charge in [0.05, 0.1) is 20.3 Å². The smallest absolute Gasteiger partial charge is 0.376 e. The molecule has 1 aromatic rings. The molecule has 0 radical (unpaired) electrons. The summed E-state index contributed by atoms with van der Waals surface area (Å²) in [5.41, 5.74) is 0.605. The third kappa shape index (κ3) is 3.02. The average Bonchev–Trinajstić information content (AvgIpc) is 2.45. The van der Waals surface area contributed by atoms with E-state index in [0.29, 0.717) is 18.1 Å². The van der Waals surface area contributed by atoms with Gasteiger partial charge in [-0.05, 0) is 6.92 Å². The molecule has 1 atom stereocenters. The van der Waals surface area contributed by atoms with E-state index in [9.17, 15) is 9.59 Å².